The lowest BCUT2D eigenvalue weighted by atomic mass is 10.0. The SMILES string of the molecule is Cc1ccncc1CNC1CSCc2ccccc21. The van der Waals surface area contributed by atoms with Gasteiger partial charge in [-0.2, -0.15) is 11.8 Å². The number of aryl methyl sites for hydroxylation is 1. The van der Waals surface area contributed by atoms with Crippen molar-refractivity contribution in [3.63, 3.8) is 0 Å². The van der Waals surface area contributed by atoms with Crippen molar-refractivity contribution in [1.82, 2.24) is 10.3 Å². The molecule has 2 aromatic rings. The van der Waals surface area contributed by atoms with Gasteiger partial charge in [-0.1, -0.05) is 24.3 Å². The fraction of sp³-hybridized carbons (Fsp3) is 0.312. The first-order valence-corrected chi connectivity index (χ1v) is 7.78. The van der Waals surface area contributed by atoms with Gasteiger partial charge in [-0.25, -0.2) is 0 Å². The Balaban J connectivity index is 1.73. The largest absolute Gasteiger partial charge is 0.305 e. The van der Waals surface area contributed by atoms with Gasteiger partial charge in [0.2, 0.25) is 0 Å². The number of fused-ring (bicyclic) bond motifs is 1. The zero-order chi connectivity index (χ0) is 13.1. The molecule has 1 aliphatic heterocycles. The van der Waals surface area contributed by atoms with E-state index in [1.807, 2.05) is 24.2 Å². The molecule has 1 atom stereocenters. The van der Waals surface area contributed by atoms with E-state index in [0.717, 1.165) is 18.1 Å². The number of hydrogen-bond acceptors (Lipinski definition) is 3. The van der Waals surface area contributed by atoms with Crippen molar-refractivity contribution in [2.45, 2.75) is 25.3 Å². The molecule has 3 rings (SSSR count). The Morgan fingerprint density at radius 3 is 3.11 bits per heavy atom. The molecule has 2 heterocycles. The first kappa shape index (κ1) is 12.7. The second-order valence-corrected chi connectivity index (χ2v) is 5.98. The molecule has 0 saturated carbocycles. The van der Waals surface area contributed by atoms with Crippen molar-refractivity contribution in [2.24, 2.45) is 0 Å². The van der Waals surface area contributed by atoms with Crippen LogP contribution in [0.1, 0.15) is 28.3 Å². The van der Waals surface area contributed by atoms with Crippen LogP contribution in [0.3, 0.4) is 0 Å². The molecule has 1 aromatic carbocycles. The predicted molar refractivity (Wildman–Crippen MR) is 81.2 cm³/mol. The minimum atomic E-state index is 0.453. The molecule has 1 N–H and O–H groups in total. The normalized spacial score (nSPS) is 18.1. The van der Waals surface area contributed by atoms with E-state index in [2.05, 4.69) is 47.6 Å². The summed E-state index contributed by atoms with van der Waals surface area (Å²) in [4.78, 5) is 4.21. The van der Waals surface area contributed by atoms with Crippen LogP contribution in [-0.2, 0) is 12.3 Å². The van der Waals surface area contributed by atoms with Gasteiger partial charge in [0.05, 0.1) is 0 Å². The topological polar surface area (TPSA) is 24.9 Å². The maximum absolute atomic E-state index is 4.21. The van der Waals surface area contributed by atoms with Gasteiger partial charge in [0, 0.05) is 36.5 Å². The Hall–Kier alpha value is -1.32. The van der Waals surface area contributed by atoms with Crippen LogP contribution in [0.25, 0.3) is 0 Å². The lowest BCUT2D eigenvalue weighted by Crippen LogP contribution is -2.26. The van der Waals surface area contributed by atoms with Crippen LogP contribution < -0.4 is 5.32 Å². The fourth-order valence-electron chi connectivity index (χ4n) is 2.47. The molecular formula is C16H18N2S. The standard InChI is InChI=1S/C16H18N2S/c1-12-6-7-17-8-14(12)9-18-16-11-19-10-13-4-2-3-5-15(13)16/h2-8,16,18H,9-11H2,1H3. The number of nitrogens with zero attached hydrogens (tertiary/aromatic N) is 1. The Morgan fingerprint density at radius 1 is 1.32 bits per heavy atom. The fourth-order valence-corrected chi connectivity index (χ4v) is 3.60. The second kappa shape index (κ2) is 5.76. The number of aromatic nitrogens is 1. The summed E-state index contributed by atoms with van der Waals surface area (Å²) >= 11 is 2.01. The Kier molecular flexibility index (Phi) is 3.85. The highest BCUT2D eigenvalue weighted by molar-refractivity contribution is 7.98. The summed E-state index contributed by atoms with van der Waals surface area (Å²) in [7, 11) is 0. The molecule has 0 saturated heterocycles. The minimum Gasteiger partial charge on any atom is -0.305 e. The minimum absolute atomic E-state index is 0.453. The van der Waals surface area contributed by atoms with Crippen LogP contribution in [0, 0.1) is 6.92 Å². The second-order valence-electron chi connectivity index (χ2n) is 4.95. The Bertz CT molecular complexity index is 568. The summed E-state index contributed by atoms with van der Waals surface area (Å²) in [6.07, 6.45) is 3.81. The van der Waals surface area contributed by atoms with Gasteiger partial charge >= 0.3 is 0 Å². The van der Waals surface area contributed by atoms with Gasteiger partial charge in [0.1, 0.15) is 0 Å². The molecule has 0 spiro atoms. The van der Waals surface area contributed by atoms with Gasteiger partial charge in [-0.15, -0.1) is 0 Å². The summed E-state index contributed by atoms with van der Waals surface area (Å²) in [6, 6.07) is 11.3. The number of rotatable bonds is 3. The molecule has 0 amide bonds. The van der Waals surface area contributed by atoms with E-state index in [1.165, 1.54) is 22.3 Å². The third-order valence-electron chi connectivity index (χ3n) is 3.66. The highest BCUT2D eigenvalue weighted by Gasteiger charge is 2.19. The summed E-state index contributed by atoms with van der Waals surface area (Å²) in [5, 5.41) is 3.67. The third kappa shape index (κ3) is 2.82. The average molecular weight is 270 g/mol. The number of thioether (sulfide) groups is 1. The van der Waals surface area contributed by atoms with Crippen molar-refractivity contribution in [1.29, 1.82) is 0 Å². The summed E-state index contributed by atoms with van der Waals surface area (Å²) in [5.41, 5.74) is 5.52. The number of hydrogen-bond donors (Lipinski definition) is 1. The Labute approximate surface area is 118 Å². The summed E-state index contributed by atoms with van der Waals surface area (Å²) < 4.78 is 0. The quantitative estimate of drug-likeness (QED) is 0.924. The zero-order valence-corrected chi connectivity index (χ0v) is 11.9. The first-order chi connectivity index (χ1) is 9.34. The average Bonchev–Trinajstić information content (AvgIpc) is 2.46. The van der Waals surface area contributed by atoms with Crippen molar-refractivity contribution < 1.29 is 0 Å². The maximum atomic E-state index is 4.21. The molecule has 0 radical (unpaired) electrons. The van der Waals surface area contributed by atoms with Gasteiger partial charge in [-0.05, 0) is 35.2 Å². The third-order valence-corrected chi connectivity index (χ3v) is 4.74. The van der Waals surface area contributed by atoms with Crippen LogP contribution in [0.15, 0.2) is 42.7 Å². The highest BCUT2D eigenvalue weighted by atomic mass is 32.2. The number of benzene rings is 1. The van der Waals surface area contributed by atoms with Crippen molar-refractivity contribution in [3.05, 3.63) is 65.0 Å². The molecule has 1 unspecified atom stereocenters. The monoisotopic (exact) mass is 270 g/mol. The molecular weight excluding hydrogens is 252 g/mol. The van der Waals surface area contributed by atoms with E-state index in [4.69, 9.17) is 0 Å². The van der Waals surface area contributed by atoms with E-state index in [9.17, 15) is 0 Å². The lowest BCUT2D eigenvalue weighted by Gasteiger charge is -2.26. The number of nitrogens with one attached hydrogen (secondary N) is 1. The molecule has 0 aliphatic carbocycles. The van der Waals surface area contributed by atoms with E-state index in [0.29, 0.717) is 6.04 Å². The smallest absolute Gasteiger partial charge is 0.0417 e. The zero-order valence-electron chi connectivity index (χ0n) is 11.1. The molecule has 1 aliphatic rings. The van der Waals surface area contributed by atoms with Crippen LogP contribution >= 0.6 is 11.8 Å². The van der Waals surface area contributed by atoms with E-state index < -0.39 is 0 Å². The maximum Gasteiger partial charge on any atom is 0.0417 e. The molecule has 3 heteroatoms. The van der Waals surface area contributed by atoms with Crippen LogP contribution in [0.2, 0.25) is 0 Å². The van der Waals surface area contributed by atoms with Gasteiger partial charge < -0.3 is 5.32 Å². The van der Waals surface area contributed by atoms with Gasteiger partial charge in [0.25, 0.3) is 0 Å². The van der Waals surface area contributed by atoms with Crippen LogP contribution in [0.5, 0.6) is 0 Å². The van der Waals surface area contributed by atoms with Gasteiger partial charge in [-0.3, -0.25) is 4.98 Å². The molecule has 2 nitrogen and oxygen atoms in total. The lowest BCUT2D eigenvalue weighted by molar-refractivity contribution is 0.573. The van der Waals surface area contributed by atoms with Crippen molar-refractivity contribution in [2.75, 3.05) is 5.75 Å². The summed E-state index contributed by atoms with van der Waals surface area (Å²) in [6.45, 7) is 3.03. The molecule has 0 bridgehead atoms. The summed E-state index contributed by atoms with van der Waals surface area (Å²) in [5.74, 6) is 2.29. The number of pyridine rings is 1. The van der Waals surface area contributed by atoms with Crippen molar-refractivity contribution in [3.8, 4) is 0 Å². The first-order valence-electron chi connectivity index (χ1n) is 6.63. The highest BCUT2D eigenvalue weighted by Crippen LogP contribution is 2.31. The van der Waals surface area contributed by atoms with E-state index >= 15 is 0 Å². The van der Waals surface area contributed by atoms with E-state index in [1.54, 1.807) is 0 Å². The predicted octanol–water partition coefficient (Wildman–Crippen LogP) is 3.47. The van der Waals surface area contributed by atoms with Crippen LogP contribution in [0.4, 0.5) is 0 Å². The molecule has 1 aromatic heterocycles. The van der Waals surface area contributed by atoms with E-state index in [-0.39, 0.29) is 0 Å². The molecule has 19 heavy (non-hydrogen) atoms. The van der Waals surface area contributed by atoms with Crippen LogP contribution in [-0.4, -0.2) is 10.7 Å². The van der Waals surface area contributed by atoms with Gasteiger partial charge in [0.15, 0.2) is 0 Å². The molecule has 98 valence electrons. The van der Waals surface area contributed by atoms with Crippen molar-refractivity contribution >= 4 is 11.8 Å². The Morgan fingerprint density at radius 2 is 2.21 bits per heavy atom. The molecule has 0 fully saturated rings.